The molecule has 1 fully saturated rings. The van der Waals surface area contributed by atoms with Crippen molar-refractivity contribution in [1.29, 1.82) is 0 Å². The van der Waals surface area contributed by atoms with E-state index in [9.17, 15) is 0 Å². The third-order valence-corrected chi connectivity index (χ3v) is 4.85. The number of nitrogens with zero attached hydrogens (tertiary/aromatic N) is 3. The van der Waals surface area contributed by atoms with Crippen LogP contribution in [-0.4, -0.2) is 36.9 Å². The van der Waals surface area contributed by atoms with Crippen LogP contribution in [0.15, 0.2) is 77.9 Å². The number of para-hydroxylation sites is 1. The zero-order valence-corrected chi connectivity index (χ0v) is 14.6. The predicted molar refractivity (Wildman–Crippen MR) is 106 cm³/mol. The number of fused-ring (bicyclic) bond motifs is 1. The number of anilines is 1. The van der Waals surface area contributed by atoms with Crippen molar-refractivity contribution < 1.29 is 0 Å². The first kappa shape index (κ1) is 15.7. The van der Waals surface area contributed by atoms with Crippen molar-refractivity contribution in [2.45, 2.75) is 6.92 Å². The van der Waals surface area contributed by atoms with Gasteiger partial charge in [0.25, 0.3) is 0 Å². The Hall–Kier alpha value is -2.81. The van der Waals surface area contributed by atoms with E-state index in [0.717, 1.165) is 31.9 Å². The van der Waals surface area contributed by atoms with Gasteiger partial charge < -0.3 is 4.90 Å². The first-order valence-corrected chi connectivity index (χ1v) is 8.89. The summed E-state index contributed by atoms with van der Waals surface area (Å²) in [6.07, 6.45) is 0. The summed E-state index contributed by atoms with van der Waals surface area (Å²) in [4.78, 5) is 2.43. The second kappa shape index (κ2) is 6.98. The van der Waals surface area contributed by atoms with Crippen molar-refractivity contribution >= 4 is 22.2 Å². The van der Waals surface area contributed by atoms with Crippen molar-refractivity contribution in [2.24, 2.45) is 5.10 Å². The lowest BCUT2D eigenvalue weighted by atomic mass is 10.0. The van der Waals surface area contributed by atoms with Crippen LogP contribution in [0.5, 0.6) is 0 Å². The summed E-state index contributed by atoms with van der Waals surface area (Å²) in [7, 11) is 0. The van der Waals surface area contributed by atoms with Gasteiger partial charge in [-0.05, 0) is 29.8 Å². The Bertz CT molecular complexity index is 873. The summed E-state index contributed by atoms with van der Waals surface area (Å²) in [6, 6.07) is 25.6. The minimum absolute atomic E-state index is 0.955. The lowest BCUT2D eigenvalue weighted by Gasteiger charge is -2.35. The summed E-state index contributed by atoms with van der Waals surface area (Å²) in [6.45, 7) is 6.05. The molecule has 0 spiro atoms. The van der Waals surface area contributed by atoms with Gasteiger partial charge in [0.2, 0.25) is 0 Å². The highest BCUT2D eigenvalue weighted by Gasteiger charge is 2.16. The average molecular weight is 329 g/mol. The van der Waals surface area contributed by atoms with Gasteiger partial charge in [-0.25, -0.2) is 0 Å². The maximum atomic E-state index is 4.91. The molecule has 0 atom stereocenters. The Kier molecular flexibility index (Phi) is 4.38. The number of piperazine rings is 1. The molecule has 3 aromatic carbocycles. The van der Waals surface area contributed by atoms with Crippen LogP contribution in [0.25, 0.3) is 10.8 Å². The van der Waals surface area contributed by atoms with Gasteiger partial charge in [0.1, 0.15) is 0 Å². The average Bonchev–Trinajstić information content (AvgIpc) is 2.69. The van der Waals surface area contributed by atoms with Gasteiger partial charge in [0.05, 0.1) is 18.8 Å². The number of hydrogen-bond acceptors (Lipinski definition) is 3. The fraction of sp³-hybridized carbons (Fsp3) is 0.227. The molecule has 1 aliphatic heterocycles. The molecule has 3 nitrogen and oxygen atoms in total. The molecule has 25 heavy (non-hydrogen) atoms. The van der Waals surface area contributed by atoms with Gasteiger partial charge >= 0.3 is 0 Å². The van der Waals surface area contributed by atoms with Gasteiger partial charge in [-0.15, -0.1) is 0 Å². The van der Waals surface area contributed by atoms with Crippen LogP contribution in [0.2, 0.25) is 0 Å². The van der Waals surface area contributed by atoms with Crippen LogP contribution in [-0.2, 0) is 0 Å². The summed E-state index contributed by atoms with van der Waals surface area (Å²) >= 11 is 0. The predicted octanol–water partition coefficient (Wildman–Crippen LogP) is 4.39. The number of hydrogen-bond donors (Lipinski definition) is 0. The lowest BCUT2D eigenvalue weighted by molar-refractivity contribution is 0.270. The molecule has 0 saturated carbocycles. The SMILES string of the molecule is C/C(=N\N1CCN(c2ccccc2)CC1)c1cccc2ccccc12. The third kappa shape index (κ3) is 3.36. The molecule has 3 heteroatoms. The monoisotopic (exact) mass is 329 g/mol. The molecule has 0 unspecified atom stereocenters. The van der Waals surface area contributed by atoms with E-state index in [1.165, 1.54) is 22.0 Å². The van der Waals surface area contributed by atoms with Crippen LogP contribution in [0, 0.1) is 0 Å². The van der Waals surface area contributed by atoms with Gasteiger partial charge in [0.15, 0.2) is 0 Å². The molecular weight excluding hydrogens is 306 g/mol. The molecule has 0 N–H and O–H groups in total. The molecule has 1 heterocycles. The summed E-state index contributed by atoms with van der Waals surface area (Å²) in [5.41, 5.74) is 3.62. The Morgan fingerprint density at radius 2 is 1.44 bits per heavy atom. The standard InChI is InChI=1S/C22H23N3/c1-18(21-13-7-9-19-8-5-6-12-22(19)21)23-25-16-14-24(15-17-25)20-10-3-2-4-11-20/h2-13H,14-17H2,1H3/b23-18+. The van der Waals surface area contributed by atoms with Crippen LogP contribution in [0.4, 0.5) is 5.69 Å². The fourth-order valence-electron chi connectivity index (χ4n) is 3.50. The smallest absolute Gasteiger partial charge is 0.0652 e. The molecule has 0 bridgehead atoms. The largest absolute Gasteiger partial charge is 0.368 e. The van der Waals surface area contributed by atoms with Crippen molar-refractivity contribution in [2.75, 3.05) is 31.1 Å². The van der Waals surface area contributed by atoms with Gasteiger partial charge in [-0.3, -0.25) is 5.01 Å². The zero-order valence-electron chi connectivity index (χ0n) is 14.6. The Morgan fingerprint density at radius 1 is 0.760 bits per heavy atom. The molecule has 1 saturated heterocycles. The van der Waals surface area contributed by atoms with Crippen molar-refractivity contribution in [3.05, 3.63) is 78.4 Å². The maximum absolute atomic E-state index is 4.91. The molecule has 3 aromatic rings. The van der Waals surface area contributed by atoms with Crippen LogP contribution < -0.4 is 4.90 Å². The quantitative estimate of drug-likeness (QED) is 0.664. The zero-order chi connectivity index (χ0) is 17.1. The van der Waals surface area contributed by atoms with E-state index in [-0.39, 0.29) is 0 Å². The summed E-state index contributed by atoms with van der Waals surface area (Å²) in [5, 5.41) is 9.65. The Labute approximate surface area is 149 Å². The summed E-state index contributed by atoms with van der Waals surface area (Å²) in [5.74, 6) is 0. The number of hydrazone groups is 1. The topological polar surface area (TPSA) is 18.8 Å². The highest BCUT2D eigenvalue weighted by Crippen LogP contribution is 2.20. The molecule has 126 valence electrons. The molecule has 4 rings (SSSR count). The normalized spacial score (nSPS) is 15.6. The summed E-state index contributed by atoms with van der Waals surface area (Å²) < 4.78 is 0. The first-order chi connectivity index (χ1) is 12.3. The van der Waals surface area contributed by atoms with Crippen molar-refractivity contribution in [3.63, 3.8) is 0 Å². The van der Waals surface area contributed by atoms with E-state index >= 15 is 0 Å². The minimum atomic E-state index is 0.955. The third-order valence-electron chi connectivity index (χ3n) is 4.85. The van der Waals surface area contributed by atoms with Crippen LogP contribution >= 0.6 is 0 Å². The van der Waals surface area contributed by atoms with E-state index in [4.69, 9.17) is 5.10 Å². The Balaban J connectivity index is 1.50. The van der Waals surface area contributed by atoms with Crippen molar-refractivity contribution in [3.8, 4) is 0 Å². The van der Waals surface area contributed by atoms with Gasteiger partial charge in [0, 0.05) is 24.3 Å². The molecule has 1 aliphatic rings. The highest BCUT2D eigenvalue weighted by molar-refractivity contribution is 6.09. The van der Waals surface area contributed by atoms with E-state index in [2.05, 4.69) is 89.6 Å². The fourth-order valence-corrected chi connectivity index (χ4v) is 3.50. The molecular formula is C22H23N3. The number of rotatable bonds is 3. The van der Waals surface area contributed by atoms with Crippen LogP contribution in [0.1, 0.15) is 12.5 Å². The molecule has 0 radical (unpaired) electrons. The number of benzene rings is 3. The van der Waals surface area contributed by atoms with Crippen LogP contribution in [0.3, 0.4) is 0 Å². The van der Waals surface area contributed by atoms with E-state index in [1.54, 1.807) is 0 Å². The molecule has 0 aromatic heterocycles. The first-order valence-electron chi connectivity index (χ1n) is 8.89. The van der Waals surface area contributed by atoms with Gasteiger partial charge in [-0.2, -0.15) is 5.10 Å². The second-order valence-electron chi connectivity index (χ2n) is 6.49. The van der Waals surface area contributed by atoms with E-state index in [0.29, 0.717) is 0 Å². The van der Waals surface area contributed by atoms with Crippen molar-refractivity contribution in [1.82, 2.24) is 5.01 Å². The lowest BCUT2D eigenvalue weighted by Crippen LogP contribution is -2.44. The van der Waals surface area contributed by atoms with E-state index in [1.807, 2.05) is 0 Å². The van der Waals surface area contributed by atoms with E-state index < -0.39 is 0 Å². The second-order valence-corrected chi connectivity index (χ2v) is 6.49. The highest BCUT2D eigenvalue weighted by atomic mass is 15.5. The maximum Gasteiger partial charge on any atom is 0.0652 e. The molecule has 0 aliphatic carbocycles. The van der Waals surface area contributed by atoms with Gasteiger partial charge in [-0.1, -0.05) is 60.7 Å². The minimum Gasteiger partial charge on any atom is -0.368 e. The molecule has 0 amide bonds. The Morgan fingerprint density at radius 3 is 2.24 bits per heavy atom.